The molecule has 0 aliphatic carbocycles. The molecule has 2 unspecified atom stereocenters. The van der Waals surface area contributed by atoms with Crippen molar-refractivity contribution >= 4 is 17.9 Å². The SMILES string of the molecule is COC(=O)COC(=O)C(C)Oc1ccc(OC(C)C(=O)O)cc1. The Morgan fingerprint density at radius 1 is 1.00 bits per heavy atom. The summed E-state index contributed by atoms with van der Waals surface area (Å²) in [6, 6.07) is 6.07. The van der Waals surface area contributed by atoms with Crippen molar-refractivity contribution in [2.45, 2.75) is 26.1 Å². The highest BCUT2D eigenvalue weighted by Gasteiger charge is 2.18. The van der Waals surface area contributed by atoms with Gasteiger partial charge >= 0.3 is 17.9 Å². The van der Waals surface area contributed by atoms with E-state index in [0.717, 1.165) is 0 Å². The lowest BCUT2D eigenvalue weighted by atomic mass is 10.3. The van der Waals surface area contributed by atoms with Crippen LogP contribution in [-0.2, 0) is 23.9 Å². The molecular weight excluding hydrogens is 308 g/mol. The van der Waals surface area contributed by atoms with Gasteiger partial charge in [0.25, 0.3) is 0 Å². The van der Waals surface area contributed by atoms with E-state index in [4.69, 9.17) is 19.3 Å². The lowest BCUT2D eigenvalue weighted by Gasteiger charge is -2.14. The average molecular weight is 326 g/mol. The van der Waals surface area contributed by atoms with E-state index in [-0.39, 0.29) is 0 Å². The Bertz CT molecular complexity index is 551. The normalized spacial score (nSPS) is 12.7. The first-order valence-electron chi connectivity index (χ1n) is 6.73. The Hall–Kier alpha value is -2.77. The van der Waals surface area contributed by atoms with Gasteiger partial charge < -0.3 is 24.1 Å². The minimum Gasteiger partial charge on any atom is -0.479 e. The molecule has 1 aromatic carbocycles. The minimum absolute atomic E-state index is 0.355. The smallest absolute Gasteiger partial charge is 0.347 e. The molecule has 1 rings (SSSR count). The van der Waals surface area contributed by atoms with Gasteiger partial charge in [-0.25, -0.2) is 14.4 Å². The first kappa shape index (κ1) is 18.3. The van der Waals surface area contributed by atoms with Crippen LogP contribution in [0.15, 0.2) is 24.3 Å². The highest BCUT2D eigenvalue weighted by molar-refractivity contribution is 5.79. The molecule has 0 aliphatic rings. The van der Waals surface area contributed by atoms with Gasteiger partial charge in [-0.15, -0.1) is 0 Å². The summed E-state index contributed by atoms with van der Waals surface area (Å²) >= 11 is 0. The van der Waals surface area contributed by atoms with Crippen LogP contribution in [0.4, 0.5) is 0 Å². The van der Waals surface area contributed by atoms with Gasteiger partial charge in [-0.3, -0.25) is 0 Å². The largest absolute Gasteiger partial charge is 0.479 e. The van der Waals surface area contributed by atoms with Crippen LogP contribution in [0.2, 0.25) is 0 Å². The van der Waals surface area contributed by atoms with Gasteiger partial charge in [0.1, 0.15) is 11.5 Å². The second kappa shape index (κ2) is 8.62. The molecule has 0 aliphatic heterocycles. The van der Waals surface area contributed by atoms with Crippen LogP contribution in [0, 0.1) is 0 Å². The maximum Gasteiger partial charge on any atom is 0.347 e. The predicted octanol–water partition coefficient (Wildman–Crippen LogP) is 1.02. The maximum atomic E-state index is 11.6. The first-order valence-corrected chi connectivity index (χ1v) is 6.73. The van der Waals surface area contributed by atoms with Crippen LogP contribution in [0.3, 0.4) is 0 Å². The zero-order valence-corrected chi connectivity index (χ0v) is 13.0. The summed E-state index contributed by atoms with van der Waals surface area (Å²) in [5.74, 6) is -1.74. The number of hydrogen-bond acceptors (Lipinski definition) is 7. The van der Waals surface area contributed by atoms with Gasteiger partial charge in [0.05, 0.1) is 7.11 Å². The van der Waals surface area contributed by atoms with Gasteiger partial charge in [-0.1, -0.05) is 0 Å². The molecular formula is C15H18O8. The van der Waals surface area contributed by atoms with Crippen LogP contribution < -0.4 is 9.47 Å². The lowest BCUT2D eigenvalue weighted by Crippen LogP contribution is -2.28. The topological polar surface area (TPSA) is 108 Å². The summed E-state index contributed by atoms with van der Waals surface area (Å²) in [5.41, 5.74) is 0. The van der Waals surface area contributed by atoms with Crippen LogP contribution in [0.25, 0.3) is 0 Å². The molecule has 0 fully saturated rings. The highest BCUT2D eigenvalue weighted by atomic mass is 16.6. The van der Waals surface area contributed by atoms with Gasteiger partial charge in [0.15, 0.2) is 18.8 Å². The third-order valence-corrected chi connectivity index (χ3v) is 2.69. The van der Waals surface area contributed by atoms with E-state index < -0.39 is 36.7 Å². The molecule has 0 heterocycles. The molecule has 0 aromatic heterocycles. The number of esters is 2. The zero-order chi connectivity index (χ0) is 17.4. The van der Waals surface area contributed by atoms with E-state index in [1.165, 1.54) is 45.2 Å². The fourth-order valence-corrected chi connectivity index (χ4v) is 1.41. The van der Waals surface area contributed by atoms with Crippen molar-refractivity contribution in [2.75, 3.05) is 13.7 Å². The first-order chi connectivity index (χ1) is 10.8. The molecule has 8 nitrogen and oxygen atoms in total. The summed E-state index contributed by atoms with van der Waals surface area (Å²) in [4.78, 5) is 33.2. The molecule has 0 bridgehead atoms. The summed E-state index contributed by atoms with van der Waals surface area (Å²) in [6.45, 7) is 2.39. The van der Waals surface area contributed by atoms with E-state index >= 15 is 0 Å². The van der Waals surface area contributed by atoms with E-state index in [2.05, 4.69) is 4.74 Å². The number of carboxylic acids is 1. The van der Waals surface area contributed by atoms with Crippen molar-refractivity contribution in [2.24, 2.45) is 0 Å². The molecule has 1 N–H and O–H groups in total. The third kappa shape index (κ3) is 6.25. The molecule has 1 aromatic rings. The fourth-order valence-electron chi connectivity index (χ4n) is 1.41. The van der Waals surface area contributed by atoms with Crippen molar-refractivity contribution < 1.29 is 38.4 Å². The maximum absolute atomic E-state index is 11.6. The number of benzene rings is 1. The third-order valence-electron chi connectivity index (χ3n) is 2.69. The van der Waals surface area contributed by atoms with Crippen molar-refractivity contribution in [3.63, 3.8) is 0 Å². The molecule has 0 amide bonds. The number of carboxylic acid groups (broad SMARTS) is 1. The second-order valence-electron chi connectivity index (χ2n) is 4.51. The van der Waals surface area contributed by atoms with Crippen LogP contribution >= 0.6 is 0 Å². The van der Waals surface area contributed by atoms with E-state index in [1.807, 2.05) is 0 Å². The molecule has 0 saturated heterocycles. The van der Waals surface area contributed by atoms with E-state index in [1.54, 1.807) is 0 Å². The van der Waals surface area contributed by atoms with E-state index in [9.17, 15) is 14.4 Å². The second-order valence-corrected chi connectivity index (χ2v) is 4.51. The number of methoxy groups -OCH3 is 1. The average Bonchev–Trinajstić information content (AvgIpc) is 2.53. The van der Waals surface area contributed by atoms with E-state index in [0.29, 0.717) is 11.5 Å². The molecule has 23 heavy (non-hydrogen) atoms. The summed E-state index contributed by atoms with van der Waals surface area (Å²) in [5, 5.41) is 8.75. The molecule has 0 spiro atoms. The van der Waals surface area contributed by atoms with Crippen LogP contribution in [0.1, 0.15) is 13.8 Å². The lowest BCUT2D eigenvalue weighted by molar-refractivity contribution is -0.161. The molecule has 126 valence electrons. The quantitative estimate of drug-likeness (QED) is 0.705. The van der Waals surface area contributed by atoms with Gasteiger partial charge in [-0.05, 0) is 38.1 Å². The standard InChI is InChI=1S/C15H18O8/c1-9(14(17)18)22-11-4-6-12(7-5-11)23-10(2)15(19)21-8-13(16)20-3/h4-7,9-10H,8H2,1-3H3,(H,17,18). The van der Waals surface area contributed by atoms with Crippen LogP contribution in [0.5, 0.6) is 11.5 Å². The van der Waals surface area contributed by atoms with Crippen molar-refractivity contribution in [3.05, 3.63) is 24.3 Å². The monoisotopic (exact) mass is 326 g/mol. The number of aliphatic carboxylic acids is 1. The van der Waals surface area contributed by atoms with Crippen molar-refractivity contribution in [1.82, 2.24) is 0 Å². The number of rotatable bonds is 8. The summed E-state index contributed by atoms with van der Waals surface area (Å²) in [6.07, 6.45) is -1.90. The number of carbonyl (C=O) groups is 3. The molecule has 2 atom stereocenters. The Kier molecular flexibility index (Phi) is 6.85. The number of carbonyl (C=O) groups excluding carboxylic acids is 2. The fraction of sp³-hybridized carbons (Fsp3) is 0.400. The zero-order valence-electron chi connectivity index (χ0n) is 13.0. The highest BCUT2D eigenvalue weighted by Crippen LogP contribution is 2.20. The molecule has 0 radical (unpaired) electrons. The van der Waals surface area contributed by atoms with Crippen molar-refractivity contribution in [3.8, 4) is 11.5 Å². The van der Waals surface area contributed by atoms with Gasteiger partial charge in [0, 0.05) is 0 Å². The Labute approximate surface area is 132 Å². The predicted molar refractivity (Wildman–Crippen MR) is 77.2 cm³/mol. The van der Waals surface area contributed by atoms with Crippen molar-refractivity contribution in [1.29, 1.82) is 0 Å². The minimum atomic E-state index is -1.08. The Morgan fingerprint density at radius 3 is 1.91 bits per heavy atom. The number of ether oxygens (including phenoxy) is 4. The van der Waals surface area contributed by atoms with Crippen LogP contribution in [-0.4, -0.2) is 48.9 Å². The van der Waals surface area contributed by atoms with Gasteiger partial charge in [-0.2, -0.15) is 0 Å². The summed E-state index contributed by atoms with van der Waals surface area (Å²) < 4.78 is 19.6. The number of hydrogen-bond donors (Lipinski definition) is 1. The summed E-state index contributed by atoms with van der Waals surface area (Å²) in [7, 11) is 1.19. The Balaban J connectivity index is 2.52. The van der Waals surface area contributed by atoms with Gasteiger partial charge in [0.2, 0.25) is 0 Å². The molecule has 8 heteroatoms. The molecule has 0 saturated carbocycles. The Morgan fingerprint density at radius 2 is 1.48 bits per heavy atom.